The third-order valence-electron chi connectivity index (χ3n) is 1.20. The van der Waals surface area contributed by atoms with Crippen molar-refractivity contribution in [3.8, 4) is 0 Å². The van der Waals surface area contributed by atoms with E-state index in [0.29, 0.717) is 0 Å². The Morgan fingerprint density at radius 3 is 3.30 bits per heavy atom. The number of rotatable bonds is 0. The van der Waals surface area contributed by atoms with Gasteiger partial charge in [-0.15, -0.1) is 0 Å². The molecule has 0 saturated carbocycles. The topological polar surface area (TPSA) is 21.6 Å². The molecule has 0 aromatic carbocycles. The Kier molecular flexibility index (Phi) is 1.36. The average molecular weight is 151 g/mol. The molecule has 0 bridgehead atoms. The van der Waals surface area contributed by atoms with Crippen LogP contribution in [0.4, 0.5) is 0 Å². The second-order valence-electron chi connectivity index (χ2n) is 1.85. The molecule has 0 saturated heterocycles. The van der Waals surface area contributed by atoms with Crippen LogP contribution >= 0.6 is 11.9 Å². The predicted molar refractivity (Wildman–Crippen MR) is 42.5 cm³/mol. The van der Waals surface area contributed by atoms with Gasteiger partial charge in [0.2, 0.25) is 0 Å². The van der Waals surface area contributed by atoms with Gasteiger partial charge in [-0.3, -0.25) is 0 Å². The number of hydrogen-bond acceptors (Lipinski definition) is 3. The van der Waals surface area contributed by atoms with Crippen LogP contribution in [0.25, 0.3) is 0 Å². The highest BCUT2D eigenvalue weighted by atomic mass is 32.2. The van der Waals surface area contributed by atoms with Gasteiger partial charge in [0.25, 0.3) is 0 Å². The summed E-state index contributed by atoms with van der Waals surface area (Å²) in [6.07, 6.45) is 9.09. The lowest BCUT2D eigenvalue weighted by molar-refractivity contribution is 0.363. The van der Waals surface area contributed by atoms with E-state index in [1.54, 1.807) is 12.5 Å². The molecule has 0 aromatic heterocycles. The van der Waals surface area contributed by atoms with Gasteiger partial charge in [-0.2, -0.15) is 0 Å². The maximum absolute atomic E-state index is 5.18. The fourth-order valence-electron chi connectivity index (χ4n) is 0.762. The summed E-state index contributed by atoms with van der Waals surface area (Å²) in [5.41, 5.74) is 0. The van der Waals surface area contributed by atoms with Gasteiger partial charge in [-0.25, -0.2) is 4.40 Å². The van der Waals surface area contributed by atoms with Crippen LogP contribution in [0.1, 0.15) is 0 Å². The number of ether oxygens (including phenoxy) is 1. The lowest BCUT2D eigenvalue weighted by Crippen LogP contribution is -1.94. The summed E-state index contributed by atoms with van der Waals surface area (Å²) >= 11 is 1.43. The van der Waals surface area contributed by atoms with Gasteiger partial charge < -0.3 is 4.74 Å². The highest BCUT2D eigenvalue weighted by Crippen LogP contribution is 2.30. The largest absolute Gasteiger partial charge is 0.464 e. The van der Waals surface area contributed by atoms with Gasteiger partial charge in [0.05, 0.1) is 11.2 Å². The van der Waals surface area contributed by atoms with E-state index >= 15 is 0 Å². The van der Waals surface area contributed by atoms with Crippen LogP contribution in [0.2, 0.25) is 0 Å². The second kappa shape index (κ2) is 2.34. The van der Waals surface area contributed by atoms with Gasteiger partial charge in [-0.05, 0) is 12.2 Å². The van der Waals surface area contributed by atoms with Crippen molar-refractivity contribution in [2.24, 2.45) is 4.40 Å². The molecule has 2 rings (SSSR count). The van der Waals surface area contributed by atoms with E-state index in [4.69, 9.17) is 4.74 Å². The fourth-order valence-corrected chi connectivity index (χ4v) is 1.34. The zero-order chi connectivity index (χ0) is 6.81. The van der Waals surface area contributed by atoms with Crippen LogP contribution in [0.15, 0.2) is 39.6 Å². The zero-order valence-corrected chi connectivity index (χ0v) is 5.97. The Labute approximate surface area is 63.1 Å². The first kappa shape index (κ1) is 5.80. The lowest BCUT2D eigenvalue weighted by Gasteiger charge is -2.12. The van der Waals surface area contributed by atoms with E-state index in [1.807, 2.05) is 18.2 Å². The Morgan fingerprint density at radius 1 is 1.40 bits per heavy atom. The molecule has 0 fully saturated rings. The molecule has 2 heterocycles. The smallest absolute Gasteiger partial charge is 0.143 e. The second-order valence-corrected chi connectivity index (χ2v) is 2.69. The first-order valence-electron chi connectivity index (χ1n) is 2.91. The number of fused-ring (bicyclic) bond motifs is 1. The molecule has 0 N–H and O–H groups in total. The Hall–Kier alpha value is -0.960. The highest BCUT2D eigenvalue weighted by Gasteiger charge is 2.10. The highest BCUT2D eigenvalue weighted by molar-refractivity contribution is 8.02. The van der Waals surface area contributed by atoms with Crippen molar-refractivity contribution in [3.05, 3.63) is 35.2 Å². The van der Waals surface area contributed by atoms with E-state index in [9.17, 15) is 0 Å². The first-order valence-corrected chi connectivity index (χ1v) is 3.69. The van der Waals surface area contributed by atoms with E-state index in [-0.39, 0.29) is 0 Å². The van der Waals surface area contributed by atoms with Crippen LogP contribution in [0.5, 0.6) is 0 Å². The molecule has 0 unspecified atom stereocenters. The van der Waals surface area contributed by atoms with Crippen LogP contribution < -0.4 is 0 Å². The minimum Gasteiger partial charge on any atom is -0.464 e. The maximum Gasteiger partial charge on any atom is 0.143 e. The van der Waals surface area contributed by atoms with Crippen LogP contribution in [0.3, 0.4) is 0 Å². The van der Waals surface area contributed by atoms with E-state index in [2.05, 4.69) is 4.40 Å². The van der Waals surface area contributed by atoms with Crippen molar-refractivity contribution in [1.82, 2.24) is 0 Å². The summed E-state index contributed by atoms with van der Waals surface area (Å²) in [6, 6.07) is 0. The van der Waals surface area contributed by atoms with Crippen molar-refractivity contribution < 1.29 is 4.74 Å². The summed E-state index contributed by atoms with van der Waals surface area (Å²) in [4.78, 5) is 1.07. The molecule has 0 amide bonds. The maximum atomic E-state index is 5.18. The minimum absolute atomic E-state index is 0.891. The van der Waals surface area contributed by atoms with Crippen molar-refractivity contribution in [1.29, 1.82) is 0 Å². The van der Waals surface area contributed by atoms with Crippen LogP contribution in [0, 0.1) is 0 Å². The first-order chi connectivity index (χ1) is 4.97. The summed E-state index contributed by atoms with van der Waals surface area (Å²) in [5.74, 6) is 0.891. The molecular weight excluding hydrogens is 146 g/mol. The van der Waals surface area contributed by atoms with Gasteiger partial charge in [0.1, 0.15) is 5.76 Å². The van der Waals surface area contributed by atoms with Gasteiger partial charge >= 0.3 is 0 Å². The molecule has 0 aliphatic carbocycles. The SMILES string of the molecule is C1=COC2=CC=NSC2=C1. The Balaban J connectivity index is 2.38. The van der Waals surface area contributed by atoms with Crippen molar-refractivity contribution >= 4 is 18.2 Å². The summed E-state index contributed by atoms with van der Waals surface area (Å²) < 4.78 is 9.18. The quantitative estimate of drug-likeness (QED) is 0.494. The number of allylic oxidation sites excluding steroid dienone is 3. The van der Waals surface area contributed by atoms with Gasteiger partial charge in [-0.1, -0.05) is 0 Å². The third-order valence-corrected chi connectivity index (χ3v) is 1.96. The molecule has 0 spiro atoms. The molecule has 10 heavy (non-hydrogen) atoms. The van der Waals surface area contributed by atoms with Crippen molar-refractivity contribution in [2.45, 2.75) is 0 Å². The average Bonchev–Trinajstić information content (AvgIpc) is 2.05. The molecule has 0 atom stereocenters. The van der Waals surface area contributed by atoms with E-state index < -0.39 is 0 Å². The normalized spacial score (nSPS) is 20.8. The summed E-state index contributed by atoms with van der Waals surface area (Å²) in [7, 11) is 0. The molecule has 2 aliphatic rings. The summed E-state index contributed by atoms with van der Waals surface area (Å²) in [5, 5.41) is 0. The third kappa shape index (κ3) is 0.885. The van der Waals surface area contributed by atoms with E-state index in [1.165, 1.54) is 11.9 Å². The zero-order valence-electron chi connectivity index (χ0n) is 5.15. The monoisotopic (exact) mass is 151 g/mol. The van der Waals surface area contributed by atoms with Gasteiger partial charge in [0, 0.05) is 24.2 Å². The molecular formula is C7H5NOS. The molecule has 3 heteroatoms. The van der Waals surface area contributed by atoms with Crippen molar-refractivity contribution in [2.75, 3.05) is 0 Å². The molecule has 50 valence electrons. The fraction of sp³-hybridized carbons (Fsp3) is 0. The Morgan fingerprint density at radius 2 is 2.40 bits per heavy atom. The lowest BCUT2D eigenvalue weighted by atomic mass is 10.3. The minimum atomic E-state index is 0.891. The predicted octanol–water partition coefficient (Wildman–Crippen LogP) is 2.03. The standard InChI is InChI=1S/C7H5NOS/c1-2-7-6(9-5-1)3-4-8-10-7/h1-5H. The van der Waals surface area contributed by atoms with Crippen molar-refractivity contribution in [3.63, 3.8) is 0 Å². The Bertz CT molecular complexity index is 235. The van der Waals surface area contributed by atoms with Crippen LogP contribution in [-0.4, -0.2) is 6.21 Å². The number of hydrogen-bond donors (Lipinski definition) is 0. The molecule has 2 aliphatic heterocycles. The number of nitrogens with zero attached hydrogens (tertiary/aromatic N) is 1. The summed E-state index contributed by atoms with van der Waals surface area (Å²) in [6.45, 7) is 0. The van der Waals surface area contributed by atoms with Crippen LogP contribution in [-0.2, 0) is 4.74 Å². The van der Waals surface area contributed by atoms with E-state index in [0.717, 1.165) is 10.7 Å². The van der Waals surface area contributed by atoms with Gasteiger partial charge in [0.15, 0.2) is 0 Å². The molecule has 2 nitrogen and oxygen atoms in total. The molecule has 0 aromatic rings. The molecule has 0 radical (unpaired) electrons.